The Bertz CT molecular complexity index is 344. The van der Waals surface area contributed by atoms with Crippen molar-refractivity contribution < 1.29 is 4.79 Å². The van der Waals surface area contributed by atoms with Crippen LogP contribution in [-0.2, 0) is 11.3 Å². The summed E-state index contributed by atoms with van der Waals surface area (Å²) in [6.45, 7) is 2.31. The molecule has 1 saturated heterocycles. The van der Waals surface area contributed by atoms with Crippen LogP contribution in [-0.4, -0.2) is 24.5 Å². The van der Waals surface area contributed by atoms with Gasteiger partial charge in [0.15, 0.2) is 0 Å². The van der Waals surface area contributed by atoms with Crippen molar-refractivity contribution in [3.63, 3.8) is 0 Å². The Balaban J connectivity index is 2.00. The van der Waals surface area contributed by atoms with E-state index in [2.05, 4.69) is 16.7 Å². The lowest BCUT2D eigenvalue weighted by Crippen LogP contribution is -2.63. The highest BCUT2D eigenvalue weighted by atomic mass is 32.1. The molecule has 2 heterocycles. The van der Waals surface area contributed by atoms with Gasteiger partial charge in [-0.1, -0.05) is 6.07 Å². The molecule has 5 heteroatoms. The fourth-order valence-corrected chi connectivity index (χ4v) is 2.67. The Kier molecular flexibility index (Phi) is 3.58. The number of hydrogen-bond acceptors (Lipinski definition) is 4. The first kappa shape index (κ1) is 11.6. The number of primary amides is 1. The van der Waals surface area contributed by atoms with Crippen LogP contribution in [0.2, 0.25) is 0 Å². The van der Waals surface area contributed by atoms with Crippen molar-refractivity contribution in [3.8, 4) is 0 Å². The third-order valence-electron chi connectivity index (χ3n) is 3.04. The SMILES string of the molecule is NC(=O)C1(NCc2cccs2)CCCNC1. The summed E-state index contributed by atoms with van der Waals surface area (Å²) in [5, 5.41) is 8.57. The zero-order valence-corrected chi connectivity index (χ0v) is 9.98. The number of nitrogens with two attached hydrogens (primary N) is 1. The molecule has 1 amide bonds. The van der Waals surface area contributed by atoms with Crippen molar-refractivity contribution in [1.29, 1.82) is 0 Å². The highest BCUT2D eigenvalue weighted by Gasteiger charge is 2.37. The minimum Gasteiger partial charge on any atom is -0.368 e. The van der Waals surface area contributed by atoms with Crippen molar-refractivity contribution in [1.82, 2.24) is 10.6 Å². The van der Waals surface area contributed by atoms with E-state index in [1.807, 2.05) is 11.4 Å². The Morgan fingerprint density at radius 1 is 1.69 bits per heavy atom. The molecule has 1 atom stereocenters. The molecule has 2 rings (SSSR count). The van der Waals surface area contributed by atoms with Gasteiger partial charge >= 0.3 is 0 Å². The lowest BCUT2D eigenvalue weighted by Gasteiger charge is -2.35. The Labute approximate surface area is 99.2 Å². The maximum Gasteiger partial charge on any atom is 0.239 e. The van der Waals surface area contributed by atoms with Gasteiger partial charge in [-0.25, -0.2) is 0 Å². The minimum atomic E-state index is -0.567. The molecule has 1 aromatic heterocycles. The summed E-state index contributed by atoms with van der Waals surface area (Å²) in [5.41, 5.74) is 4.94. The van der Waals surface area contributed by atoms with E-state index in [1.165, 1.54) is 4.88 Å². The van der Waals surface area contributed by atoms with Crippen LogP contribution in [0.5, 0.6) is 0 Å². The number of carbonyl (C=O) groups is 1. The van der Waals surface area contributed by atoms with Crippen LogP contribution in [0.15, 0.2) is 17.5 Å². The molecule has 16 heavy (non-hydrogen) atoms. The Morgan fingerprint density at radius 3 is 3.12 bits per heavy atom. The van der Waals surface area contributed by atoms with Crippen LogP contribution in [0.1, 0.15) is 17.7 Å². The first-order valence-corrected chi connectivity index (χ1v) is 6.39. The predicted octanol–water partition coefficient (Wildman–Crippen LogP) is 0.445. The van der Waals surface area contributed by atoms with Crippen molar-refractivity contribution in [2.45, 2.75) is 24.9 Å². The topological polar surface area (TPSA) is 67.2 Å². The molecular weight excluding hydrogens is 222 g/mol. The number of thiophene rings is 1. The molecule has 0 bridgehead atoms. The lowest BCUT2D eigenvalue weighted by atomic mass is 9.89. The molecule has 0 aliphatic carbocycles. The van der Waals surface area contributed by atoms with E-state index in [-0.39, 0.29) is 5.91 Å². The molecule has 0 saturated carbocycles. The number of nitrogens with one attached hydrogen (secondary N) is 2. The lowest BCUT2D eigenvalue weighted by molar-refractivity contribution is -0.125. The van der Waals surface area contributed by atoms with Crippen LogP contribution in [0, 0.1) is 0 Å². The monoisotopic (exact) mass is 239 g/mol. The predicted molar refractivity (Wildman–Crippen MR) is 65.2 cm³/mol. The fraction of sp³-hybridized carbons (Fsp3) is 0.545. The van der Waals surface area contributed by atoms with Crippen LogP contribution in [0.25, 0.3) is 0 Å². The number of carbonyl (C=O) groups excluding carboxylic acids is 1. The highest BCUT2D eigenvalue weighted by molar-refractivity contribution is 7.09. The number of hydrogen-bond donors (Lipinski definition) is 3. The van der Waals surface area contributed by atoms with E-state index in [9.17, 15) is 4.79 Å². The third-order valence-corrected chi connectivity index (χ3v) is 3.91. The summed E-state index contributed by atoms with van der Waals surface area (Å²) in [7, 11) is 0. The minimum absolute atomic E-state index is 0.253. The van der Waals surface area contributed by atoms with Gasteiger partial charge in [-0.15, -0.1) is 11.3 Å². The second-order valence-electron chi connectivity index (χ2n) is 4.16. The quantitative estimate of drug-likeness (QED) is 0.714. The average Bonchev–Trinajstić information content (AvgIpc) is 2.80. The zero-order chi connectivity index (χ0) is 11.4. The van der Waals surface area contributed by atoms with E-state index in [0.29, 0.717) is 13.1 Å². The van der Waals surface area contributed by atoms with E-state index < -0.39 is 5.54 Å². The third kappa shape index (κ3) is 2.42. The molecule has 1 aliphatic heterocycles. The standard InChI is InChI=1S/C11H17N3OS/c12-10(15)11(4-2-5-13-8-11)14-7-9-3-1-6-16-9/h1,3,6,13-14H,2,4-5,7-8H2,(H2,12,15). The summed E-state index contributed by atoms with van der Waals surface area (Å²) >= 11 is 1.69. The molecule has 0 radical (unpaired) electrons. The molecular formula is C11H17N3OS. The van der Waals surface area contributed by atoms with Crippen molar-refractivity contribution in [2.24, 2.45) is 5.73 Å². The first-order valence-electron chi connectivity index (χ1n) is 5.51. The van der Waals surface area contributed by atoms with Gasteiger partial charge in [-0.2, -0.15) is 0 Å². The van der Waals surface area contributed by atoms with E-state index in [0.717, 1.165) is 19.4 Å². The largest absolute Gasteiger partial charge is 0.368 e. The fourth-order valence-electron chi connectivity index (χ4n) is 2.02. The first-order chi connectivity index (χ1) is 7.73. The average molecular weight is 239 g/mol. The van der Waals surface area contributed by atoms with Gasteiger partial charge in [0.1, 0.15) is 5.54 Å². The molecule has 1 unspecified atom stereocenters. The van der Waals surface area contributed by atoms with Crippen molar-refractivity contribution in [2.75, 3.05) is 13.1 Å². The van der Waals surface area contributed by atoms with Gasteiger partial charge in [-0.05, 0) is 30.8 Å². The van der Waals surface area contributed by atoms with Crippen LogP contribution in [0.4, 0.5) is 0 Å². The van der Waals surface area contributed by atoms with Gasteiger partial charge in [0.2, 0.25) is 5.91 Å². The molecule has 4 N–H and O–H groups in total. The van der Waals surface area contributed by atoms with E-state index in [1.54, 1.807) is 11.3 Å². The van der Waals surface area contributed by atoms with Gasteiger partial charge in [0.05, 0.1) is 0 Å². The maximum atomic E-state index is 11.6. The Hall–Kier alpha value is -0.910. The number of rotatable bonds is 4. The normalized spacial score (nSPS) is 25.5. The highest BCUT2D eigenvalue weighted by Crippen LogP contribution is 2.17. The maximum absolute atomic E-state index is 11.6. The van der Waals surface area contributed by atoms with Crippen molar-refractivity contribution >= 4 is 17.2 Å². The summed E-state index contributed by atoms with van der Waals surface area (Å²) in [6.07, 6.45) is 1.81. The van der Waals surface area contributed by atoms with Crippen LogP contribution in [0.3, 0.4) is 0 Å². The zero-order valence-electron chi connectivity index (χ0n) is 9.16. The molecule has 4 nitrogen and oxygen atoms in total. The molecule has 1 aromatic rings. The number of amides is 1. The smallest absolute Gasteiger partial charge is 0.239 e. The van der Waals surface area contributed by atoms with Gasteiger partial charge < -0.3 is 11.1 Å². The molecule has 1 aliphatic rings. The summed E-state index contributed by atoms with van der Waals surface area (Å²) in [6, 6.07) is 4.07. The van der Waals surface area contributed by atoms with E-state index >= 15 is 0 Å². The van der Waals surface area contributed by atoms with E-state index in [4.69, 9.17) is 5.73 Å². The van der Waals surface area contributed by atoms with Gasteiger partial charge in [-0.3, -0.25) is 10.1 Å². The molecule has 0 spiro atoms. The molecule has 0 aromatic carbocycles. The second kappa shape index (κ2) is 4.95. The van der Waals surface area contributed by atoms with Crippen LogP contribution < -0.4 is 16.4 Å². The van der Waals surface area contributed by atoms with Crippen LogP contribution >= 0.6 is 11.3 Å². The molecule has 88 valence electrons. The summed E-state index contributed by atoms with van der Waals surface area (Å²) in [4.78, 5) is 12.8. The van der Waals surface area contributed by atoms with Gasteiger partial charge in [0, 0.05) is 18.0 Å². The molecule has 1 fully saturated rings. The summed E-state index contributed by atoms with van der Waals surface area (Å²) in [5.74, 6) is -0.253. The van der Waals surface area contributed by atoms with Gasteiger partial charge in [0.25, 0.3) is 0 Å². The van der Waals surface area contributed by atoms with Crippen molar-refractivity contribution in [3.05, 3.63) is 22.4 Å². The number of piperidine rings is 1. The second-order valence-corrected chi connectivity index (χ2v) is 5.19. The Morgan fingerprint density at radius 2 is 2.56 bits per heavy atom. The summed E-state index contributed by atoms with van der Waals surface area (Å²) < 4.78 is 0.